The zero-order valence-electron chi connectivity index (χ0n) is 86.3. The third kappa shape index (κ3) is 14.0. The molecule has 26 atom stereocenters. The topological polar surface area (TPSA) is 182 Å². The monoisotopic (exact) mass is 1920 g/mol. The number of hydrogen-bond donors (Lipinski definition) is 4. The average molecular weight is 1920 g/mol. The number of likely N-dealkylation sites (tertiary alicyclic amines) is 2. The van der Waals surface area contributed by atoms with Crippen molar-refractivity contribution in [3.8, 4) is 0 Å². The maximum atomic E-state index is 10.2. The van der Waals surface area contributed by atoms with Crippen LogP contribution in [0.5, 0.6) is 0 Å². The highest BCUT2D eigenvalue weighted by Crippen LogP contribution is 2.76. The van der Waals surface area contributed by atoms with Crippen LogP contribution in [0.15, 0.2) is 240 Å². The number of pyridine rings is 4. The molecule has 10 aliphatic heterocycles. The molecule has 8 bridgehead atoms. The third-order valence-corrected chi connectivity index (χ3v) is 45.2. The fourth-order valence-electron chi connectivity index (χ4n) is 37.3. The lowest BCUT2D eigenvalue weighted by atomic mass is 9.58. The van der Waals surface area contributed by atoms with Crippen molar-refractivity contribution in [1.82, 2.24) is 39.5 Å². The van der Waals surface area contributed by atoms with Gasteiger partial charge in [-0.15, -0.1) is 0 Å². The van der Waals surface area contributed by atoms with Crippen LogP contribution in [0.1, 0.15) is 293 Å². The van der Waals surface area contributed by atoms with Crippen molar-refractivity contribution in [3.63, 3.8) is 0 Å². The normalized spacial score (nSPS) is 41.8. The number of benzene rings is 4. The molecule has 750 valence electrons. The van der Waals surface area contributed by atoms with Crippen LogP contribution in [-0.2, 0) is 18.9 Å². The summed E-state index contributed by atoms with van der Waals surface area (Å²) in [5.41, 5.74) is 18.1. The highest BCUT2D eigenvalue weighted by Gasteiger charge is 2.73. The van der Waals surface area contributed by atoms with Gasteiger partial charge in [-0.1, -0.05) is 139 Å². The zero-order valence-corrected chi connectivity index (χ0v) is 86.3. The first kappa shape index (κ1) is 93.5. The first-order chi connectivity index (χ1) is 69.3. The molecule has 16 nitrogen and oxygen atoms in total. The van der Waals surface area contributed by atoms with Crippen molar-refractivity contribution in [2.75, 3.05) is 66.6 Å². The van der Waals surface area contributed by atoms with Gasteiger partial charge in [-0.2, -0.15) is 0 Å². The fourth-order valence-corrected chi connectivity index (χ4v) is 37.3. The number of fused-ring (bicyclic) bond motifs is 8. The SMILES string of the molecule is CCN(C)[C@@H]1CCC2=CC3=CC[C@]4(C)[C@@H](c5ccc6ccncc6c5)CC[C@H]4C34CC[C@]2(C1)O4.CCN(C)[C@@H]1CCC2=CC3=CC[C@]4(C)[C@@H](c5ccc6ccncc6c5)CC[C@H]4C34CC[C@]2(C1)O4.C[C@]12CC=C3C=C4CC[C@@H](N5CC(CO)(CO)C5)C[C@]45CCC3(O5)[C@@H]1CC[C@@H]2c1ccc2ccncc2c1.C[C@]12CC=C3C=C4CC[C@@H](N5C[C@@H](O)[C@@H](O)C5)CC45CC[C@]3(O5)[C@@H]1CC[C@@H]2c1ccc2ccncc2c1. The zero-order chi connectivity index (χ0) is 97.0. The third-order valence-electron chi connectivity index (χ3n) is 45.2. The molecule has 8 saturated carbocycles. The number of aliphatic hydroxyl groups is 4. The van der Waals surface area contributed by atoms with Gasteiger partial charge in [0.15, 0.2) is 0 Å². The molecule has 0 radical (unpaired) electrons. The van der Waals surface area contributed by atoms with Crippen LogP contribution in [0.3, 0.4) is 0 Å². The summed E-state index contributed by atoms with van der Waals surface area (Å²) in [6.45, 7) is 20.0. The van der Waals surface area contributed by atoms with Gasteiger partial charge in [0.25, 0.3) is 0 Å². The minimum atomic E-state index is -0.619. The molecule has 14 heterocycles. The number of ether oxygens (including phenoxy) is 4. The highest BCUT2D eigenvalue weighted by atomic mass is 16.5. The molecular weight excluding hydrogens is 1770 g/mol. The summed E-state index contributed by atoms with van der Waals surface area (Å²) in [7, 11) is 4.60. The molecular formula is C127H154N8O8. The molecule has 8 aromatic rings. The van der Waals surface area contributed by atoms with Gasteiger partial charge < -0.3 is 49.2 Å². The van der Waals surface area contributed by atoms with E-state index in [0.29, 0.717) is 84.6 Å². The lowest BCUT2D eigenvalue weighted by Crippen LogP contribution is -2.65. The van der Waals surface area contributed by atoms with E-state index in [1.54, 1.807) is 11.1 Å². The van der Waals surface area contributed by atoms with Crippen LogP contribution >= 0.6 is 0 Å². The molecule has 12 aliphatic carbocycles. The van der Waals surface area contributed by atoms with Crippen LogP contribution < -0.4 is 0 Å². The van der Waals surface area contributed by atoms with Crippen LogP contribution in [0.4, 0.5) is 0 Å². The second kappa shape index (κ2) is 34.0. The molecule has 6 saturated heterocycles. The molecule has 22 aliphatic rings. The van der Waals surface area contributed by atoms with Crippen LogP contribution in [-0.4, -0.2) is 208 Å². The molecule has 8 spiro atoms. The molecule has 0 amide bonds. The van der Waals surface area contributed by atoms with Gasteiger partial charge in [-0.05, 0) is 439 Å². The number of aromatic nitrogens is 4. The van der Waals surface area contributed by atoms with Crippen molar-refractivity contribution in [1.29, 1.82) is 0 Å². The average Bonchev–Trinajstić information content (AvgIpc) is 1.54. The van der Waals surface area contributed by atoms with Gasteiger partial charge >= 0.3 is 0 Å². The van der Waals surface area contributed by atoms with E-state index in [4.69, 9.17) is 18.9 Å². The van der Waals surface area contributed by atoms with Gasteiger partial charge in [0.05, 0.1) is 70.2 Å². The Kier molecular flexibility index (Phi) is 22.2. The molecule has 30 rings (SSSR count). The van der Waals surface area contributed by atoms with Gasteiger partial charge in [-0.25, -0.2) is 0 Å². The fraction of sp³-hybridized carbons (Fsp3) is 0.591. The molecule has 4 aromatic carbocycles. The van der Waals surface area contributed by atoms with E-state index in [0.717, 1.165) is 103 Å². The van der Waals surface area contributed by atoms with Gasteiger partial charge in [-0.3, -0.25) is 29.7 Å². The molecule has 16 heteroatoms. The van der Waals surface area contributed by atoms with Crippen molar-refractivity contribution >= 4 is 43.1 Å². The second-order valence-corrected chi connectivity index (χ2v) is 51.3. The molecule has 143 heavy (non-hydrogen) atoms. The number of rotatable bonds is 12. The summed E-state index contributed by atoms with van der Waals surface area (Å²) < 4.78 is 29.9. The van der Waals surface area contributed by atoms with E-state index in [9.17, 15) is 20.4 Å². The van der Waals surface area contributed by atoms with Crippen LogP contribution in [0.25, 0.3) is 43.1 Å². The second-order valence-electron chi connectivity index (χ2n) is 51.3. The minimum Gasteiger partial charge on any atom is -0.396 e. The van der Waals surface area contributed by atoms with E-state index < -0.39 is 12.2 Å². The van der Waals surface area contributed by atoms with Gasteiger partial charge in [0.1, 0.15) is 0 Å². The number of β-amino-alcohol motifs (C(OH)–C–C–N with tert-alkyl or cyclic N) is 2. The Hall–Kier alpha value is -8.04. The number of allylic oxidation sites excluding steroid dienone is 4. The number of aliphatic hydroxyl groups excluding tert-OH is 4. The number of nitrogens with zero attached hydrogens (tertiary/aromatic N) is 8. The number of hydrogen-bond acceptors (Lipinski definition) is 16. The van der Waals surface area contributed by atoms with Gasteiger partial charge in [0.2, 0.25) is 0 Å². The first-order valence-corrected chi connectivity index (χ1v) is 56.6. The summed E-state index contributed by atoms with van der Waals surface area (Å²) in [6, 6.07) is 38.9. The summed E-state index contributed by atoms with van der Waals surface area (Å²) in [5.74, 6) is 4.54. The minimum absolute atomic E-state index is 0.00532. The van der Waals surface area contributed by atoms with Crippen LogP contribution in [0.2, 0.25) is 0 Å². The van der Waals surface area contributed by atoms with E-state index in [1.165, 1.54) is 227 Å². The van der Waals surface area contributed by atoms with Gasteiger partial charge in [0, 0.05) is 127 Å². The van der Waals surface area contributed by atoms with Crippen molar-refractivity contribution < 1.29 is 39.4 Å². The quantitative estimate of drug-likeness (QED) is 0.0906. The maximum absolute atomic E-state index is 10.2. The Balaban J connectivity index is 0.0000000952. The lowest BCUT2D eigenvalue weighted by molar-refractivity contribution is -0.155. The largest absolute Gasteiger partial charge is 0.396 e. The van der Waals surface area contributed by atoms with E-state index in [2.05, 4.69) is 241 Å². The Bertz CT molecular complexity index is 6500. The molecule has 4 aromatic heterocycles. The molecule has 14 fully saturated rings. The predicted octanol–water partition coefficient (Wildman–Crippen LogP) is 23.6. The Labute approximate surface area is 847 Å². The standard InChI is InChI=1S/C33H40N2O3.C32H38N2O3.2C31H38N2O/c1-30-10-8-26-15-25-4-5-27(35-18-31(19-35,20-36)21-37)16-32(25)11-12-33(26,38-32)29(30)7-6-28(30)23-3-2-22-9-13-34-17-24(22)14-23;1-30-10-8-24-15-23-4-5-25(34-18-27(35)28(36)19-34)16-31(23)11-12-32(24,37-31)29(30)7-6-26(30)21-3-2-20-9-13-33-17-22(20)14-21;2*1-4-33(3)26-8-7-24-18-25-11-13-29(2)27(22-6-5-21-12-16-32-20-23(21)17-22)9-10-28(29)31(25)15-14-30(24,19-26)34-31/h2-3,8-9,13-15,17,27-29,36-37H,4-7,10-12,16,18-21H2,1H3;2-3,8-9,13-15,17,25-29,35-36H,4-7,10-12,16,18-19H2,1H3;2*5-6,11-12,16-18,20,26-28H,4,7-10,13-15,19H2,1-3H3/t27-,28-,29-,30-,32-,33?;25-,26-,27-,28+,29-,30-,31?,32-;2*26-,27-,28-,29-,30-,31?/m1111/s1. The molecule has 4 N–H and O–H groups in total. The predicted molar refractivity (Wildman–Crippen MR) is 566 cm³/mol. The highest BCUT2D eigenvalue weighted by molar-refractivity contribution is 5.85. The summed E-state index contributed by atoms with van der Waals surface area (Å²) in [4.78, 5) is 27.5. The Morgan fingerprint density at radius 3 is 0.923 bits per heavy atom. The Morgan fingerprint density at radius 1 is 0.343 bits per heavy atom. The van der Waals surface area contributed by atoms with Crippen molar-refractivity contribution in [3.05, 3.63) is 262 Å². The summed E-state index contributed by atoms with van der Waals surface area (Å²) >= 11 is 0. The molecule has 4 unspecified atom stereocenters. The van der Waals surface area contributed by atoms with Crippen molar-refractivity contribution in [2.45, 2.75) is 352 Å². The van der Waals surface area contributed by atoms with E-state index in [1.807, 2.05) is 49.6 Å². The Morgan fingerprint density at radius 2 is 0.629 bits per heavy atom. The van der Waals surface area contributed by atoms with Crippen molar-refractivity contribution in [2.24, 2.45) is 50.7 Å². The van der Waals surface area contributed by atoms with Crippen LogP contribution in [0, 0.1) is 50.7 Å². The summed E-state index contributed by atoms with van der Waals surface area (Å²) in [6.07, 6.45) is 72.7. The maximum Gasteiger partial charge on any atom is 0.0974 e. The lowest BCUT2D eigenvalue weighted by Gasteiger charge is -2.57. The smallest absolute Gasteiger partial charge is 0.0974 e. The van der Waals surface area contributed by atoms with E-state index >= 15 is 0 Å². The summed E-state index contributed by atoms with van der Waals surface area (Å²) in [5, 5.41) is 50.1. The van der Waals surface area contributed by atoms with E-state index in [-0.39, 0.29) is 85.1 Å². The first-order valence-electron chi connectivity index (χ1n) is 56.6.